The second-order valence-corrected chi connectivity index (χ2v) is 6.37. The lowest BCUT2D eigenvalue weighted by Gasteiger charge is -2.43. The van der Waals surface area contributed by atoms with Gasteiger partial charge < -0.3 is 0 Å². The quantitative estimate of drug-likeness (QED) is 0.682. The van der Waals surface area contributed by atoms with Gasteiger partial charge in [0.2, 0.25) is 0 Å². The van der Waals surface area contributed by atoms with E-state index in [4.69, 9.17) is 0 Å². The summed E-state index contributed by atoms with van der Waals surface area (Å²) in [5.41, 5.74) is 1.35. The Morgan fingerprint density at radius 2 is 1.33 bits per heavy atom. The Balaban J connectivity index is 2.47. The highest BCUT2D eigenvalue weighted by Gasteiger charge is 2.46. The van der Waals surface area contributed by atoms with E-state index in [1.807, 2.05) is 48.5 Å². The molecule has 1 nitrogen and oxygen atoms in total. The zero-order valence-corrected chi connectivity index (χ0v) is 13.4. The van der Waals surface area contributed by atoms with E-state index < -0.39 is 5.41 Å². The smallest absolute Gasteiger partial charge is 0.169 e. The number of hydrogen-bond acceptors (Lipinski definition) is 1. The van der Waals surface area contributed by atoms with Crippen LogP contribution in [0.2, 0.25) is 0 Å². The van der Waals surface area contributed by atoms with Crippen molar-refractivity contribution in [3.05, 3.63) is 71.8 Å². The summed E-state index contributed by atoms with van der Waals surface area (Å²) in [4.78, 5) is 13.0. The van der Waals surface area contributed by atoms with Gasteiger partial charge in [0, 0.05) is 16.4 Å². The highest BCUT2D eigenvalue weighted by atomic mass is 16.1. The molecule has 0 aliphatic heterocycles. The zero-order valence-electron chi connectivity index (χ0n) is 13.4. The first kappa shape index (κ1) is 15.5. The summed E-state index contributed by atoms with van der Waals surface area (Å²) in [6.45, 7) is 8.49. The maximum atomic E-state index is 13.0. The van der Waals surface area contributed by atoms with Crippen molar-refractivity contribution < 1.29 is 4.79 Å². The van der Waals surface area contributed by atoms with E-state index in [0.29, 0.717) is 0 Å². The van der Waals surface area contributed by atoms with Crippen LogP contribution < -0.4 is 0 Å². The summed E-state index contributed by atoms with van der Waals surface area (Å²) < 4.78 is 0. The molecule has 0 amide bonds. The molecule has 1 unspecified atom stereocenters. The largest absolute Gasteiger partial charge is 0.294 e. The van der Waals surface area contributed by atoms with Crippen molar-refractivity contribution in [1.82, 2.24) is 0 Å². The highest BCUT2D eigenvalue weighted by molar-refractivity contribution is 6.01. The summed E-state index contributed by atoms with van der Waals surface area (Å²) in [6.07, 6.45) is 0.919. The monoisotopic (exact) mass is 280 g/mol. The zero-order chi connectivity index (χ0) is 15.5. The Kier molecular flexibility index (Phi) is 4.32. The molecule has 1 atom stereocenters. The summed E-state index contributed by atoms with van der Waals surface area (Å²) in [6, 6.07) is 20.0. The number of carbonyl (C=O) groups excluding carboxylic acids is 1. The van der Waals surface area contributed by atoms with Crippen LogP contribution >= 0.6 is 0 Å². The van der Waals surface area contributed by atoms with Crippen molar-refractivity contribution in [3.8, 4) is 0 Å². The molecule has 1 heteroatoms. The normalized spacial score (nSPS) is 14.5. The average molecular weight is 280 g/mol. The van der Waals surface area contributed by atoms with Gasteiger partial charge in [-0.15, -0.1) is 0 Å². The van der Waals surface area contributed by atoms with Crippen LogP contribution in [0.4, 0.5) is 0 Å². The van der Waals surface area contributed by atoms with Crippen molar-refractivity contribution >= 4 is 5.78 Å². The fourth-order valence-corrected chi connectivity index (χ4v) is 3.01. The highest BCUT2D eigenvalue weighted by Crippen LogP contribution is 2.46. The molecule has 0 aliphatic carbocycles. The van der Waals surface area contributed by atoms with E-state index in [-0.39, 0.29) is 11.2 Å². The fourth-order valence-electron chi connectivity index (χ4n) is 3.01. The molecule has 0 bridgehead atoms. The van der Waals surface area contributed by atoms with Crippen LogP contribution in [0.1, 0.15) is 50.0 Å². The molecule has 0 heterocycles. The van der Waals surface area contributed by atoms with Gasteiger partial charge in [-0.3, -0.25) is 4.79 Å². The SMILES string of the molecule is CCC(C)(c1ccccc1)C(C)(C)C(=O)c1ccccc1. The predicted octanol–water partition coefficient (Wildman–Crippen LogP) is 5.26. The van der Waals surface area contributed by atoms with E-state index in [2.05, 4.69) is 39.8 Å². The maximum Gasteiger partial charge on any atom is 0.169 e. The van der Waals surface area contributed by atoms with Crippen molar-refractivity contribution in [2.75, 3.05) is 0 Å². The van der Waals surface area contributed by atoms with Crippen LogP contribution in [0.15, 0.2) is 60.7 Å². The fraction of sp³-hybridized carbons (Fsp3) is 0.350. The molecule has 0 saturated carbocycles. The van der Waals surface area contributed by atoms with E-state index in [9.17, 15) is 4.79 Å². The maximum absolute atomic E-state index is 13.0. The van der Waals surface area contributed by atoms with Crippen molar-refractivity contribution in [1.29, 1.82) is 0 Å². The molecule has 110 valence electrons. The van der Waals surface area contributed by atoms with Crippen LogP contribution in [-0.4, -0.2) is 5.78 Å². The Morgan fingerprint density at radius 3 is 1.81 bits per heavy atom. The second-order valence-electron chi connectivity index (χ2n) is 6.37. The van der Waals surface area contributed by atoms with Gasteiger partial charge in [0.25, 0.3) is 0 Å². The lowest BCUT2D eigenvalue weighted by molar-refractivity contribution is 0.0694. The molecule has 21 heavy (non-hydrogen) atoms. The molecule has 2 rings (SSSR count). The molecule has 0 aliphatic rings. The number of benzene rings is 2. The van der Waals surface area contributed by atoms with E-state index >= 15 is 0 Å². The summed E-state index contributed by atoms with van der Waals surface area (Å²) in [5, 5.41) is 0. The van der Waals surface area contributed by atoms with Crippen LogP contribution in [-0.2, 0) is 5.41 Å². The van der Waals surface area contributed by atoms with Gasteiger partial charge in [-0.05, 0) is 12.0 Å². The number of carbonyl (C=O) groups is 1. The van der Waals surface area contributed by atoms with Crippen LogP contribution in [0.3, 0.4) is 0 Å². The van der Waals surface area contributed by atoms with Gasteiger partial charge >= 0.3 is 0 Å². The number of ketones is 1. The second kappa shape index (κ2) is 5.85. The molecule has 2 aromatic carbocycles. The van der Waals surface area contributed by atoms with Crippen LogP contribution in [0.5, 0.6) is 0 Å². The summed E-state index contributed by atoms with van der Waals surface area (Å²) in [5.74, 6) is 0.205. The molecule has 0 saturated heterocycles. The average Bonchev–Trinajstić information content (AvgIpc) is 2.54. The molecular weight excluding hydrogens is 256 g/mol. The van der Waals surface area contributed by atoms with Gasteiger partial charge in [-0.25, -0.2) is 0 Å². The van der Waals surface area contributed by atoms with Gasteiger partial charge in [-0.1, -0.05) is 88.4 Å². The topological polar surface area (TPSA) is 17.1 Å². The molecule has 2 aromatic rings. The first-order chi connectivity index (χ1) is 9.93. The first-order valence-electron chi connectivity index (χ1n) is 7.59. The summed E-state index contributed by atoms with van der Waals surface area (Å²) >= 11 is 0. The molecular formula is C20H24O. The van der Waals surface area contributed by atoms with Crippen molar-refractivity contribution in [3.63, 3.8) is 0 Å². The van der Waals surface area contributed by atoms with Crippen molar-refractivity contribution in [2.45, 2.75) is 39.5 Å². The van der Waals surface area contributed by atoms with Crippen LogP contribution in [0.25, 0.3) is 0 Å². The standard InChI is InChI=1S/C20H24O/c1-5-20(4,17-14-10-7-11-15-17)19(2,3)18(21)16-12-8-6-9-13-16/h6-15H,5H2,1-4H3. The minimum Gasteiger partial charge on any atom is -0.294 e. The third kappa shape index (κ3) is 2.65. The summed E-state index contributed by atoms with van der Waals surface area (Å²) in [7, 11) is 0. The van der Waals surface area contributed by atoms with Crippen molar-refractivity contribution in [2.24, 2.45) is 5.41 Å². The predicted molar refractivity (Wildman–Crippen MR) is 88.6 cm³/mol. The third-order valence-electron chi connectivity index (χ3n) is 5.10. The van der Waals surface area contributed by atoms with E-state index in [0.717, 1.165) is 12.0 Å². The van der Waals surface area contributed by atoms with Gasteiger partial charge in [0.05, 0.1) is 0 Å². The van der Waals surface area contributed by atoms with E-state index in [1.54, 1.807) is 0 Å². The molecule has 0 radical (unpaired) electrons. The lowest BCUT2D eigenvalue weighted by Crippen LogP contribution is -2.44. The Hall–Kier alpha value is -1.89. The molecule has 0 spiro atoms. The minimum absolute atomic E-state index is 0.193. The molecule has 0 fully saturated rings. The molecule has 0 aromatic heterocycles. The van der Waals surface area contributed by atoms with Gasteiger partial charge in [-0.2, -0.15) is 0 Å². The minimum atomic E-state index is -0.468. The van der Waals surface area contributed by atoms with Gasteiger partial charge in [0.1, 0.15) is 0 Å². The molecule has 0 N–H and O–H groups in total. The van der Waals surface area contributed by atoms with Gasteiger partial charge in [0.15, 0.2) is 5.78 Å². The number of rotatable bonds is 5. The Morgan fingerprint density at radius 1 is 0.857 bits per heavy atom. The first-order valence-corrected chi connectivity index (χ1v) is 7.59. The Bertz CT molecular complexity index is 598. The van der Waals surface area contributed by atoms with Crippen LogP contribution in [0, 0.1) is 5.41 Å². The number of Topliss-reactive ketones (excluding diaryl/α,β-unsaturated/α-hetero) is 1. The Labute approximate surface area is 128 Å². The van der Waals surface area contributed by atoms with E-state index in [1.165, 1.54) is 5.56 Å². The number of hydrogen-bond donors (Lipinski definition) is 0. The lowest BCUT2D eigenvalue weighted by atomic mass is 9.59. The third-order valence-corrected chi connectivity index (χ3v) is 5.10.